The number of hydrogen-bond acceptors (Lipinski definition) is 6. The summed E-state index contributed by atoms with van der Waals surface area (Å²) < 4.78 is 12.0. The molecule has 1 aliphatic rings. The molecule has 7 nitrogen and oxygen atoms in total. The number of ether oxygens (including phenoxy) is 2. The molecular weight excluding hydrogens is 466 g/mol. The summed E-state index contributed by atoms with van der Waals surface area (Å²) in [7, 11) is 0. The van der Waals surface area contributed by atoms with E-state index in [4.69, 9.17) is 14.5 Å². The van der Waals surface area contributed by atoms with Gasteiger partial charge in [-0.1, -0.05) is 34.6 Å². The predicted molar refractivity (Wildman–Crippen MR) is 148 cm³/mol. The highest BCUT2D eigenvalue weighted by Crippen LogP contribution is 2.43. The minimum absolute atomic E-state index is 0.199. The second kappa shape index (κ2) is 11.0. The van der Waals surface area contributed by atoms with Crippen LogP contribution in [-0.2, 0) is 9.53 Å². The number of aliphatic carboxylic acids is 1. The molecule has 2 aromatic heterocycles. The molecule has 0 bridgehead atoms. The van der Waals surface area contributed by atoms with Crippen molar-refractivity contribution < 1.29 is 19.4 Å². The molecule has 0 radical (unpaired) electrons. The van der Waals surface area contributed by atoms with Gasteiger partial charge in [0, 0.05) is 36.1 Å². The van der Waals surface area contributed by atoms with E-state index in [0.29, 0.717) is 23.6 Å². The van der Waals surface area contributed by atoms with Crippen molar-refractivity contribution >= 4 is 11.7 Å². The Hall–Kier alpha value is -2.67. The molecule has 1 atom stereocenters. The Morgan fingerprint density at radius 3 is 2.24 bits per heavy atom. The number of anilines is 1. The van der Waals surface area contributed by atoms with Crippen molar-refractivity contribution in [2.45, 2.75) is 93.3 Å². The highest BCUT2D eigenvalue weighted by molar-refractivity contribution is 5.85. The molecule has 1 N–H and O–H groups in total. The summed E-state index contributed by atoms with van der Waals surface area (Å²) in [4.78, 5) is 24.2. The van der Waals surface area contributed by atoms with E-state index in [1.807, 2.05) is 46.0 Å². The summed E-state index contributed by atoms with van der Waals surface area (Å²) in [6.07, 6.45) is 5.38. The lowest BCUT2D eigenvalue weighted by molar-refractivity contribution is -0.160. The number of hydrogen-bond donors (Lipinski definition) is 1. The van der Waals surface area contributed by atoms with Crippen LogP contribution in [0.2, 0.25) is 0 Å². The van der Waals surface area contributed by atoms with Crippen molar-refractivity contribution in [3.05, 3.63) is 35.8 Å². The van der Waals surface area contributed by atoms with Crippen molar-refractivity contribution in [2.24, 2.45) is 10.8 Å². The van der Waals surface area contributed by atoms with Crippen LogP contribution in [0.15, 0.2) is 24.5 Å². The number of carbonyl (C=O) groups is 1. The molecule has 1 aliphatic heterocycles. The van der Waals surface area contributed by atoms with Crippen molar-refractivity contribution in [2.75, 3.05) is 24.6 Å². The first-order valence-corrected chi connectivity index (χ1v) is 13.3. The van der Waals surface area contributed by atoms with E-state index in [1.54, 1.807) is 6.20 Å². The number of pyridine rings is 2. The second-order valence-electron chi connectivity index (χ2n) is 13.2. The lowest BCUT2D eigenvalue weighted by Gasteiger charge is -2.40. The van der Waals surface area contributed by atoms with Gasteiger partial charge < -0.3 is 19.5 Å². The number of piperidine rings is 1. The maximum Gasteiger partial charge on any atom is 0.337 e. The van der Waals surface area contributed by atoms with Crippen molar-refractivity contribution in [3.63, 3.8) is 0 Å². The lowest BCUT2D eigenvalue weighted by atomic mass is 9.82. The average Bonchev–Trinajstić information content (AvgIpc) is 2.77. The molecule has 0 aliphatic carbocycles. The third-order valence-electron chi connectivity index (χ3n) is 6.81. The van der Waals surface area contributed by atoms with Gasteiger partial charge in [-0.25, -0.2) is 4.79 Å². The van der Waals surface area contributed by atoms with Crippen LogP contribution in [0.25, 0.3) is 11.3 Å². The van der Waals surface area contributed by atoms with Gasteiger partial charge in [0.2, 0.25) is 0 Å². The van der Waals surface area contributed by atoms with Gasteiger partial charge in [-0.3, -0.25) is 9.97 Å². The van der Waals surface area contributed by atoms with E-state index in [1.165, 1.54) is 0 Å². The van der Waals surface area contributed by atoms with Crippen LogP contribution in [0.1, 0.15) is 92.0 Å². The van der Waals surface area contributed by atoms with Gasteiger partial charge in [0.25, 0.3) is 0 Å². The summed E-state index contributed by atoms with van der Waals surface area (Å²) in [5.41, 5.74) is 3.46. The van der Waals surface area contributed by atoms with E-state index in [2.05, 4.69) is 44.5 Å². The van der Waals surface area contributed by atoms with E-state index in [0.717, 1.165) is 49.3 Å². The first-order chi connectivity index (χ1) is 17.1. The van der Waals surface area contributed by atoms with E-state index in [9.17, 15) is 9.90 Å². The monoisotopic (exact) mass is 511 g/mol. The smallest absolute Gasteiger partial charge is 0.337 e. The second-order valence-corrected chi connectivity index (χ2v) is 13.2. The zero-order valence-corrected chi connectivity index (χ0v) is 24.1. The summed E-state index contributed by atoms with van der Waals surface area (Å²) in [6, 6.07) is 3.86. The van der Waals surface area contributed by atoms with Crippen molar-refractivity contribution in [3.8, 4) is 17.0 Å². The Balaban J connectivity index is 2.06. The van der Waals surface area contributed by atoms with Gasteiger partial charge in [-0.2, -0.15) is 0 Å². The molecule has 3 rings (SSSR count). The average molecular weight is 512 g/mol. The number of rotatable bonds is 8. The number of carboxylic acids is 1. The molecule has 1 fully saturated rings. The van der Waals surface area contributed by atoms with Crippen molar-refractivity contribution in [1.82, 2.24) is 9.97 Å². The molecule has 1 saturated heterocycles. The summed E-state index contributed by atoms with van der Waals surface area (Å²) >= 11 is 0. The Kier molecular flexibility index (Phi) is 8.57. The van der Waals surface area contributed by atoms with Gasteiger partial charge in [0.15, 0.2) is 6.10 Å². The molecule has 204 valence electrons. The predicted octanol–water partition coefficient (Wildman–Crippen LogP) is 6.83. The molecule has 3 heterocycles. The molecule has 0 amide bonds. The van der Waals surface area contributed by atoms with Crippen LogP contribution in [0.3, 0.4) is 0 Å². The van der Waals surface area contributed by atoms with E-state index >= 15 is 0 Å². The normalized spacial score (nSPS) is 16.9. The van der Waals surface area contributed by atoms with E-state index < -0.39 is 17.7 Å². The van der Waals surface area contributed by atoms with Crippen LogP contribution in [0.4, 0.5) is 5.69 Å². The topological polar surface area (TPSA) is 84.8 Å². The zero-order valence-electron chi connectivity index (χ0n) is 24.1. The largest absolute Gasteiger partial charge is 0.492 e. The van der Waals surface area contributed by atoms with Gasteiger partial charge in [0.1, 0.15) is 5.75 Å². The van der Waals surface area contributed by atoms with Crippen LogP contribution < -0.4 is 9.64 Å². The Labute approximate surface area is 222 Å². The first kappa shape index (κ1) is 28.9. The first-order valence-electron chi connectivity index (χ1n) is 13.3. The summed E-state index contributed by atoms with van der Waals surface area (Å²) in [5, 5.41) is 10.3. The van der Waals surface area contributed by atoms with Crippen LogP contribution in [0, 0.1) is 17.8 Å². The molecule has 0 saturated carbocycles. The van der Waals surface area contributed by atoms with Gasteiger partial charge in [-0.05, 0) is 69.9 Å². The standard InChI is InChI=1S/C30H45N3O4/c1-20-24(26(27(34)35)37-29(5,6)7)25(33-15-12-30(8,9)13-16-33)22(19-31-20)23-11-10-21(18-32-23)36-17-14-28(2,3)4/h10-11,18-19,26H,12-17H2,1-9H3,(H,34,35). The molecule has 7 heteroatoms. The SMILES string of the molecule is Cc1ncc(-c2ccc(OCCC(C)(C)C)cn2)c(N2CCC(C)(C)CC2)c1C(OC(C)(C)C)C(=O)O. The van der Waals surface area contributed by atoms with Crippen LogP contribution in [-0.4, -0.2) is 46.3 Å². The number of carboxylic acid groups (broad SMARTS) is 1. The maximum absolute atomic E-state index is 12.5. The fraction of sp³-hybridized carbons (Fsp3) is 0.633. The minimum Gasteiger partial charge on any atom is -0.492 e. The molecule has 1 unspecified atom stereocenters. The molecule has 0 spiro atoms. The van der Waals surface area contributed by atoms with Gasteiger partial charge in [-0.15, -0.1) is 0 Å². The maximum atomic E-state index is 12.5. The molecule has 37 heavy (non-hydrogen) atoms. The molecule has 0 aromatic carbocycles. The number of nitrogens with zero attached hydrogens (tertiary/aromatic N) is 3. The third-order valence-corrected chi connectivity index (χ3v) is 6.81. The zero-order chi connectivity index (χ0) is 27.6. The fourth-order valence-electron chi connectivity index (χ4n) is 4.47. The Morgan fingerprint density at radius 1 is 1.08 bits per heavy atom. The van der Waals surface area contributed by atoms with Crippen LogP contribution in [0.5, 0.6) is 5.75 Å². The minimum atomic E-state index is -1.14. The van der Waals surface area contributed by atoms with Crippen molar-refractivity contribution in [1.29, 1.82) is 0 Å². The highest BCUT2D eigenvalue weighted by Gasteiger charge is 2.36. The molecule has 2 aromatic rings. The van der Waals surface area contributed by atoms with Gasteiger partial charge in [0.05, 0.1) is 29.8 Å². The van der Waals surface area contributed by atoms with Crippen LogP contribution >= 0.6 is 0 Å². The fourth-order valence-corrected chi connectivity index (χ4v) is 4.47. The molecular formula is C30H45N3O4. The van der Waals surface area contributed by atoms with Gasteiger partial charge >= 0.3 is 5.97 Å². The highest BCUT2D eigenvalue weighted by atomic mass is 16.5. The summed E-state index contributed by atoms with van der Waals surface area (Å²) in [6.45, 7) is 20.9. The quantitative estimate of drug-likeness (QED) is 0.415. The summed E-state index contributed by atoms with van der Waals surface area (Å²) in [5.74, 6) is -0.305. The number of aryl methyl sites for hydroxylation is 1. The number of aromatic nitrogens is 2. The van der Waals surface area contributed by atoms with E-state index in [-0.39, 0.29) is 10.8 Å². The lowest BCUT2D eigenvalue weighted by Crippen LogP contribution is -2.39. The third kappa shape index (κ3) is 7.91. The Bertz CT molecular complexity index is 1070. The Morgan fingerprint density at radius 2 is 1.73 bits per heavy atom.